The van der Waals surface area contributed by atoms with Gasteiger partial charge in [0.05, 0.1) is 0 Å². The molecule has 0 saturated carbocycles. The third-order valence-electron chi connectivity index (χ3n) is 5.06. The molecule has 0 aliphatic carbocycles. The summed E-state index contributed by atoms with van der Waals surface area (Å²) in [5, 5.41) is 2.97. The van der Waals surface area contributed by atoms with Crippen molar-refractivity contribution in [2.24, 2.45) is 0 Å². The van der Waals surface area contributed by atoms with Crippen LogP contribution in [-0.4, -0.2) is 55.9 Å². The van der Waals surface area contributed by atoms with Crippen LogP contribution in [0.3, 0.4) is 0 Å². The highest BCUT2D eigenvalue weighted by molar-refractivity contribution is 7.89. The van der Waals surface area contributed by atoms with E-state index in [-0.39, 0.29) is 43.1 Å². The van der Waals surface area contributed by atoms with Crippen molar-refractivity contribution in [3.63, 3.8) is 0 Å². The van der Waals surface area contributed by atoms with Gasteiger partial charge in [0, 0.05) is 32.2 Å². The molecule has 2 aromatic rings. The minimum atomic E-state index is -3.90. The molecule has 1 N–H and O–H groups in total. The molecule has 1 atom stereocenters. The van der Waals surface area contributed by atoms with E-state index in [2.05, 4.69) is 17.4 Å². The van der Waals surface area contributed by atoms with Crippen LogP contribution in [0.4, 0.5) is 9.18 Å². The standard InChI is InChI=1S/C21H26FN3O3S/c1-17(11-12-18-7-3-2-4-8-18)23-21(26)24-13-15-25(16-14-24)29(27,28)20-10-6-5-9-19(20)22/h2-10,17H,11-16H2,1H3,(H,23,26). The highest BCUT2D eigenvalue weighted by Gasteiger charge is 2.31. The minimum absolute atomic E-state index is 0.00267. The van der Waals surface area contributed by atoms with Crippen molar-refractivity contribution in [1.29, 1.82) is 0 Å². The van der Waals surface area contributed by atoms with Crippen LogP contribution in [0.1, 0.15) is 18.9 Å². The maximum absolute atomic E-state index is 13.9. The van der Waals surface area contributed by atoms with Gasteiger partial charge in [-0.05, 0) is 37.5 Å². The van der Waals surface area contributed by atoms with E-state index in [1.54, 1.807) is 4.90 Å². The number of nitrogens with zero attached hydrogens (tertiary/aromatic N) is 2. The second-order valence-electron chi connectivity index (χ2n) is 7.20. The Labute approximate surface area is 171 Å². The summed E-state index contributed by atoms with van der Waals surface area (Å²) in [5.74, 6) is -0.764. The van der Waals surface area contributed by atoms with Gasteiger partial charge >= 0.3 is 6.03 Å². The molecular weight excluding hydrogens is 393 g/mol. The fourth-order valence-corrected chi connectivity index (χ4v) is 4.81. The molecule has 2 aromatic carbocycles. The molecule has 8 heteroatoms. The number of hydrogen-bond donors (Lipinski definition) is 1. The van der Waals surface area contributed by atoms with Crippen LogP contribution in [0, 0.1) is 5.82 Å². The fraction of sp³-hybridized carbons (Fsp3) is 0.381. The van der Waals surface area contributed by atoms with E-state index in [1.807, 2.05) is 25.1 Å². The molecule has 2 amide bonds. The maximum atomic E-state index is 13.9. The van der Waals surface area contributed by atoms with Gasteiger partial charge < -0.3 is 10.2 Å². The highest BCUT2D eigenvalue weighted by Crippen LogP contribution is 2.20. The molecule has 0 aromatic heterocycles. The molecule has 29 heavy (non-hydrogen) atoms. The van der Waals surface area contributed by atoms with Crippen molar-refractivity contribution in [2.45, 2.75) is 30.7 Å². The number of piperazine rings is 1. The lowest BCUT2D eigenvalue weighted by Gasteiger charge is -2.34. The number of aryl methyl sites for hydroxylation is 1. The Morgan fingerprint density at radius 1 is 1.03 bits per heavy atom. The smallest absolute Gasteiger partial charge is 0.317 e. The number of sulfonamides is 1. The number of carbonyl (C=O) groups excluding carboxylic acids is 1. The topological polar surface area (TPSA) is 69.7 Å². The van der Waals surface area contributed by atoms with Crippen molar-refractivity contribution in [2.75, 3.05) is 26.2 Å². The number of hydrogen-bond acceptors (Lipinski definition) is 3. The Morgan fingerprint density at radius 2 is 1.66 bits per heavy atom. The second kappa shape index (κ2) is 9.37. The maximum Gasteiger partial charge on any atom is 0.317 e. The number of halogens is 1. The molecule has 1 fully saturated rings. The summed E-state index contributed by atoms with van der Waals surface area (Å²) in [4.78, 5) is 13.8. The van der Waals surface area contributed by atoms with Crippen LogP contribution < -0.4 is 5.32 Å². The van der Waals surface area contributed by atoms with E-state index in [4.69, 9.17) is 0 Å². The van der Waals surface area contributed by atoms with Gasteiger partial charge in [-0.15, -0.1) is 0 Å². The van der Waals surface area contributed by atoms with Crippen LogP contribution in [0.15, 0.2) is 59.5 Å². The number of carbonyl (C=O) groups is 1. The monoisotopic (exact) mass is 419 g/mol. The van der Waals surface area contributed by atoms with E-state index in [9.17, 15) is 17.6 Å². The van der Waals surface area contributed by atoms with Gasteiger partial charge in [-0.25, -0.2) is 17.6 Å². The van der Waals surface area contributed by atoms with Gasteiger partial charge in [-0.3, -0.25) is 0 Å². The lowest BCUT2D eigenvalue weighted by Crippen LogP contribution is -2.54. The molecule has 1 aliphatic heterocycles. The van der Waals surface area contributed by atoms with Gasteiger partial charge in [0.25, 0.3) is 0 Å². The quantitative estimate of drug-likeness (QED) is 0.783. The van der Waals surface area contributed by atoms with Crippen molar-refractivity contribution in [3.05, 3.63) is 66.0 Å². The second-order valence-corrected chi connectivity index (χ2v) is 9.10. The Kier molecular flexibility index (Phi) is 6.87. The SMILES string of the molecule is CC(CCc1ccccc1)NC(=O)N1CCN(S(=O)(=O)c2ccccc2F)CC1. The largest absolute Gasteiger partial charge is 0.336 e. The van der Waals surface area contributed by atoms with E-state index < -0.39 is 15.8 Å². The van der Waals surface area contributed by atoms with Gasteiger partial charge in [-0.2, -0.15) is 4.31 Å². The average molecular weight is 420 g/mol. The summed E-state index contributed by atoms with van der Waals surface area (Å²) >= 11 is 0. The third kappa shape index (κ3) is 5.33. The number of benzene rings is 2. The number of amides is 2. The predicted octanol–water partition coefficient (Wildman–Crippen LogP) is 2.86. The first-order valence-corrected chi connectivity index (χ1v) is 11.2. The zero-order chi connectivity index (χ0) is 20.9. The van der Waals surface area contributed by atoms with Crippen molar-refractivity contribution >= 4 is 16.1 Å². The summed E-state index contributed by atoms with van der Waals surface area (Å²) in [6, 6.07) is 15.2. The summed E-state index contributed by atoms with van der Waals surface area (Å²) in [7, 11) is -3.90. The molecule has 3 rings (SSSR count). The van der Waals surface area contributed by atoms with Crippen LogP contribution in [-0.2, 0) is 16.4 Å². The Bertz CT molecular complexity index is 929. The first-order valence-electron chi connectivity index (χ1n) is 9.72. The first kappa shape index (κ1) is 21.3. The van der Waals surface area contributed by atoms with E-state index in [0.29, 0.717) is 0 Å². The highest BCUT2D eigenvalue weighted by atomic mass is 32.2. The van der Waals surface area contributed by atoms with Crippen molar-refractivity contribution in [3.8, 4) is 0 Å². The molecular formula is C21H26FN3O3S. The lowest BCUT2D eigenvalue weighted by atomic mass is 10.1. The summed E-state index contributed by atoms with van der Waals surface area (Å²) in [6.07, 6.45) is 1.69. The van der Waals surface area contributed by atoms with E-state index in [1.165, 1.54) is 28.1 Å². The zero-order valence-corrected chi connectivity index (χ0v) is 17.2. The zero-order valence-electron chi connectivity index (χ0n) is 16.4. The molecule has 0 bridgehead atoms. The number of nitrogens with one attached hydrogen (secondary N) is 1. The molecule has 0 radical (unpaired) electrons. The van der Waals surface area contributed by atoms with E-state index in [0.717, 1.165) is 18.9 Å². The van der Waals surface area contributed by atoms with E-state index >= 15 is 0 Å². The predicted molar refractivity (Wildman–Crippen MR) is 109 cm³/mol. The minimum Gasteiger partial charge on any atom is -0.336 e. The third-order valence-corrected chi connectivity index (χ3v) is 6.99. The molecule has 156 valence electrons. The van der Waals surface area contributed by atoms with Crippen LogP contribution in [0.5, 0.6) is 0 Å². The fourth-order valence-electron chi connectivity index (χ4n) is 3.33. The Morgan fingerprint density at radius 3 is 2.31 bits per heavy atom. The summed E-state index contributed by atoms with van der Waals surface area (Å²) in [5.41, 5.74) is 1.22. The summed E-state index contributed by atoms with van der Waals surface area (Å²) < 4.78 is 40.4. The van der Waals surface area contributed by atoms with Crippen LogP contribution in [0.2, 0.25) is 0 Å². The molecule has 6 nitrogen and oxygen atoms in total. The van der Waals surface area contributed by atoms with Gasteiger partial charge in [-0.1, -0.05) is 42.5 Å². The molecule has 0 spiro atoms. The van der Waals surface area contributed by atoms with Crippen molar-refractivity contribution < 1.29 is 17.6 Å². The first-order chi connectivity index (χ1) is 13.9. The van der Waals surface area contributed by atoms with Gasteiger partial charge in [0.1, 0.15) is 10.7 Å². The lowest BCUT2D eigenvalue weighted by molar-refractivity contribution is 0.169. The van der Waals surface area contributed by atoms with Crippen LogP contribution in [0.25, 0.3) is 0 Å². The number of rotatable bonds is 6. The molecule has 1 saturated heterocycles. The van der Waals surface area contributed by atoms with Crippen molar-refractivity contribution in [1.82, 2.24) is 14.5 Å². The summed E-state index contributed by atoms with van der Waals surface area (Å²) in [6.45, 7) is 2.78. The molecule has 1 heterocycles. The normalized spacial score (nSPS) is 16.4. The average Bonchev–Trinajstić information content (AvgIpc) is 2.73. The Balaban J connectivity index is 1.50. The number of urea groups is 1. The molecule has 1 aliphatic rings. The van der Waals surface area contributed by atoms with Crippen LogP contribution >= 0.6 is 0 Å². The van der Waals surface area contributed by atoms with Gasteiger partial charge in [0.2, 0.25) is 10.0 Å². The Hall–Kier alpha value is -2.45. The molecule has 1 unspecified atom stereocenters. The van der Waals surface area contributed by atoms with Gasteiger partial charge in [0.15, 0.2) is 0 Å².